The number of nitrogen functional groups attached to an aromatic ring is 1. The van der Waals surface area contributed by atoms with Crippen molar-refractivity contribution >= 4 is 11.4 Å². The van der Waals surface area contributed by atoms with Crippen molar-refractivity contribution in [3.63, 3.8) is 0 Å². The first-order chi connectivity index (χ1) is 10.2. The molecule has 0 saturated heterocycles. The van der Waals surface area contributed by atoms with E-state index in [-0.39, 0.29) is 6.10 Å². The van der Waals surface area contributed by atoms with Gasteiger partial charge < -0.3 is 15.4 Å². The minimum atomic E-state index is 0.123. The molecule has 0 amide bonds. The molecular formula is C17H17N3O. The van der Waals surface area contributed by atoms with Crippen LogP contribution in [0.2, 0.25) is 0 Å². The second-order valence-corrected chi connectivity index (χ2v) is 5.31. The van der Waals surface area contributed by atoms with Crippen molar-refractivity contribution in [3.05, 3.63) is 53.6 Å². The summed E-state index contributed by atoms with van der Waals surface area (Å²) in [5.41, 5.74) is 9.63. The Hall–Kier alpha value is -2.67. The van der Waals surface area contributed by atoms with Crippen LogP contribution < -0.4 is 15.4 Å². The van der Waals surface area contributed by atoms with Gasteiger partial charge >= 0.3 is 0 Å². The summed E-state index contributed by atoms with van der Waals surface area (Å²) < 4.78 is 5.85. The fourth-order valence-corrected chi connectivity index (χ4v) is 2.68. The first-order valence-corrected chi connectivity index (χ1v) is 6.96. The molecule has 21 heavy (non-hydrogen) atoms. The van der Waals surface area contributed by atoms with Crippen molar-refractivity contribution in [1.82, 2.24) is 0 Å². The molecule has 2 aromatic rings. The van der Waals surface area contributed by atoms with Crippen LogP contribution in [0.5, 0.6) is 5.75 Å². The van der Waals surface area contributed by atoms with E-state index in [0.29, 0.717) is 5.56 Å². The highest BCUT2D eigenvalue weighted by molar-refractivity contribution is 5.75. The summed E-state index contributed by atoms with van der Waals surface area (Å²) in [7, 11) is 0. The minimum Gasteiger partial charge on any atom is -0.487 e. The third kappa shape index (κ3) is 2.63. The number of para-hydroxylation sites is 1. The normalized spacial score (nSPS) is 16.8. The summed E-state index contributed by atoms with van der Waals surface area (Å²) in [6.07, 6.45) is 0.123. The summed E-state index contributed by atoms with van der Waals surface area (Å²) in [6.45, 7) is 3.60. The quantitative estimate of drug-likeness (QED) is 0.859. The van der Waals surface area contributed by atoms with Crippen molar-refractivity contribution in [3.8, 4) is 11.8 Å². The zero-order valence-electron chi connectivity index (χ0n) is 11.9. The maximum atomic E-state index is 8.86. The van der Waals surface area contributed by atoms with Gasteiger partial charge in [0.05, 0.1) is 23.9 Å². The number of nitriles is 1. The van der Waals surface area contributed by atoms with Crippen LogP contribution in [0.25, 0.3) is 0 Å². The third-order valence-electron chi connectivity index (χ3n) is 3.61. The average Bonchev–Trinajstić information content (AvgIpc) is 2.47. The van der Waals surface area contributed by atoms with Gasteiger partial charge in [-0.1, -0.05) is 18.2 Å². The Bertz CT molecular complexity index is 688. The molecule has 1 aliphatic heterocycles. The van der Waals surface area contributed by atoms with Crippen LogP contribution >= 0.6 is 0 Å². The van der Waals surface area contributed by atoms with Crippen LogP contribution in [0.3, 0.4) is 0 Å². The maximum Gasteiger partial charge on any atom is 0.145 e. The smallest absolute Gasteiger partial charge is 0.145 e. The van der Waals surface area contributed by atoms with E-state index in [1.807, 2.05) is 42.5 Å². The number of ether oxygens (including phenoxy) is 1. The first-order valence-electron chi connectivity index (χ1n) is 6.96. The monoisotopic (exact) mass is 279 g/mol. The van der Waals surface area contributed by atoms with Gasteiger partial charge in [-0.2, -0.15) is 5.26 Å². The van der Waals surface area contributed by atoms with Gasteiger partial charge in [-0.25, -0.2) is 0 Å². The predicted octanol–water partition coefficient (Wildman–Crippen LogP) is 2.93. The number of benzene rings is 2. The molecule has 4 heteroatoms. The molecule has 1 atom stereocenters. The van der Waals surface area contributed by atoms with Gasteiger partial charge in [-0.3, -0.25) is 0 Å². The number of nitrogens with zero attached hydrogens (tertiary/aromatic N) is 2. The molecule has 1 unspecified atom stereocenters. The van der Waals surface area contributed by atoms with Gasteiger partial charge in [-0.05, 0) is 36.8 Å². The Kier molecular flexibility index (Phi) is 3.41. The highest BCUT2D eigenvalue weighted by atomic mass is 16.5. The lowest BCUT2D eigenvalue weighted by atomic mass is 10.1. The van der Waals surface area contributed by atoms with E-state index in [1.54, 1.807) is 0 Å². The molecule has 2 aromatic carbocycles. The van der Waals surface area contributed by atoms with E-state index < -0.39 is 0 Å². The Balaban J connectivity index is 1.90. The van der Waals surface area contributed by atoms with E-state index in [1.165, 1.54) is 0 Å². The largest absolute Gasteiger partial charge is 0.487 e. The van der Waals surface area contributed by atoms with Crippen LogP contribution in [-0.2, 0) is 6.54 Å². The molecule has 0 aromatic heterocycles. The lowest BCUT2D eigenvalue weighted by Crippen LogP contribution is -2.38. The lowest BCUT2D eigenvalue weighted by Gasteiger charge is -2.35. The third-order valence-corrected chi connectivity index (χ3v) is 3.61. The fraction of sp³-hybridized carbons (Fsp3) is 0.235. The van der Waals surface area contributed by atoms with Gasteiger partial charge in [0.25, 0.3) is 0 Å². The van der Waals surface area contributed by atoms with Gasteiger partial charge in [0.15, 0.2) is 0 Å². The summed E-state index contributed by atoms with van der Waals surface area (Å²) in [4.78, 5) is 2.24. The molecule has 3 rings (SSSR count). The van der Waals surface area contributed by atoms with E-state index >= 15 is 0 Å². The zero-order chi connectivity index (χ0) is 14.8. The molecule has 106 valence electrons. The summed E-state index contributed by atoms with van der Waals surface area (Å²) >= 11 is 0. The molecule has 1 aliphatic rings. The van der Waals surface area contributed by atoms with E-state index in [9.17, 15) is 0 Å². The zero-order valence-corrected chi connectivity index (χ0v) is 11.9. The molecule has 2 N–H and O–H groups in total. The van der Waals surface area contributed by atoms with Crippen LogP contribution in [0.15, 0.2) is 42.5 Å². The predicted molar refractivity (Wildman–Crippen MR) is 83.2 cm³/mol. The topological polar surface area (TPSA) is 62.3 Å². The van der Waals surface area contributed by atoms with Gasteiger partial charge in [0.1, 0.15) is 17.5 Å². The SMILES string of the molecule is CC1CN(Cc2ccc(C#N)cc2)c2c(N)cccc2O1. The Labute approximate surface area is 124 Å². The number of nitrogens with two attached hydrogens (primary N) is 1. The first kappa shape index (κ1) is 13.3. The second-order valence-electron chi connectivity index (χ2n) is 5.31. The van der Waals surface area contributed by atoms with Crippen LogP contribution in [-0.4, -0.2) is 12.6 Å². The van der Waals surface area contributed by atoms with Crippen LogP contribution in [0.4, 0.5) is 11.4 Å². The van der Waals surface area contributed by atoms with Crippen molar-refractivity contribution in [2.75, 3.05) is 17.2 Å². The number of rotatable bonds is 2. The number of hydrogen-bond donors (Lipinski definition) is 1. The van der Waals surface area contributed by atoms with Gasteiger partial charge in [0, 0.05) is 6.54 Å². The summed E-state index contributed by atoms with van der Waals surface area (Å²) in [5.74, 6) is 0.836. The summed E-state index contributed by atoms with van der Waals surface area (Å²) in [5, 5.41) is 8.86. The highest BCUT2D eigenvalue weighted by Gasteiger charge is 2.24. The Morgan fingerprint density at radius 1 is 1.29 bits per heavy atom. The van der Waals surface area contributed by atoms with Gasteiger partial charge in [-0.15, -0.1) is 0 Å². The van der Waals surface area contributed by atoms with E-state index in [4.69, 9.17) is 15.7 Å². The van der Waals surface area contributed by atoms with E-state index in [0.717, 1.165) is 35.8 Å². The molecule has 0 bridgehead atoms. The highest BCUT2D eigenvalue weighted by Crippen LogP contribution is 2.38. The standard InChI is InChI=1S/C17H17N3O/c1-12-10-20(11-14-7-5-13(9-18)6-8-14)17-15(19)3-2-4-16(17)21-12/h2-8,12H,10-11,19H2,1H3. The van der Waals surface area contributed by atoms with Crippen molar-refractivity contribution in [1.29, 1.82) is 5.26 Å². The average molecular weight is 279 g/mol. The molecule has 1 heterocycles. The Morgan fingerprint density at radius 2 is 2.05 bits per heavy atom. The minimum absolute atomic E-state index is 0.123. The number of hydrogen-bond acceptors (Lipinski definition) is 4. The Morgan fingerprint density at radius 3 is 2.76 bits per heavy atom. The van der Waals surface area contributed by atoms with Crippen molar-refractivity contribution < 1.29 is 4.74 Å². The second kappa shape index (κ2) is 5.37. The molecule has 0 spiro atoms. The number of fused-ring (bicyclic) bond motifs is 1. The summed E-state index contributed by atoms with van der Waals surface area (Å²) in [6, 6.07) is 15.5. The van der Waals surface area contributed by atoms with Crippen LogP contribution in [0, 0.1) is 11.3 Å². The molecule has 0 fully saturated rings. The van der Waals surface area contributed by atoms with E-state index in [2.05, 4.69) is 17.9 Å². The molecule has 4 nitrogen and oxygen atoms in total. The van der Waals surface area contributed by atoms with Crippen LogP contribution in [0.1, 0.15) is 18.1 Å². The molecular weight excluding hydrogens is 262 g/mol. The maximum absolute atomic E-state index is 8.86. The van der Waals surface area contributed by atoms with Gasteiger partial charge in [0.2, 0.25) is 0 Å². The molecule has 0 aliphatic carbocycles. The molecule has 0 saturated carbocycles. The number of anilines is 2. The fourth-order valence-electron chi connectivity index (χ4n) is 2.68. The van der Waals surface area contributed by atoms with Crippen molar-refractivity contribution in [2.24, 2.45) is 0 Å². The molecule has 0 radical (unpaired) electrons. The lowest BCUT2D eigenvalue weighted by molar-refractivity contribution is 0.212. The van der Waals surface area contributed by atoms with Crippen molar-refractivity contribution in [2.45, 2.75) is 19.6 Å².